The van der Waals surface area contributed by atoms with Gasteiger partial charge in [0, 0.05) is 6.61 Å². The average Bonchev–Trinajstić information content (AvgIpc) is 2.67. The summed E-state index contributed by atoms with van der Waals surface area (Å²) in [6.45, 7) is 4.15. The third-order valence-electron chi connectivity index (χ3n) is 4.49. The molecule has 0 aliphatic rings. The van der Waals surface area contributed by atoms with Crippen molar-refractivity contribution in [3.8, 4) is 5.75 Å². The molecule has 0 aromatic heterocycles. The number of aliphatic hydroxyl groups excluding tert-OH is 1. The summed E-state index contributed by atoms with van der Waals surface area (Å²) in [4.78, 5) is 12.0. The molecule has 0 radical (unpaired) electrons. The maximum Gasteiger partial charge on any atom is 0.318 e. The lowest BCUT2D eigenvalue weighted by atomic mass is 9.76. The maximum atomic E-state index is 12.0. The van der Waals surface area contributed by atoms with Gasteiger partial charge < -0.3 is 20.3 Å². The average molecular weight is 357 g/mol. The number of hydrogen-bond acceptors (Lipinski definition) is 4. The molecule has 5 nitrogen and oxygen atoms in total. The van der Waals surface area contributed by atoms with Crippen molar-refractivity contribution in [1.82, 2.24) is 5.32 Å². The number of carboxylic acids is 1. The topological polar surface area (TPSA) is 78.8 Å². The molecule has 0 fully saturated rings. The van der Waals surface area contributed by atoms with Gasteiger partial charge in [-0.25, -0.2) is 0 Å². The molecule has 140 valence electrons. The number of benzene rings is 2. The first-order chi connectivity index (χ1) is 12.6. The minimum atomic E-state index is -1.10. The Kier molecular flexibility index (Phi) is 7.63. The first-order valence-electron chi connectivity index (χ1n) is 8.93. The van der Waals surface area contributed by atoms with Crippen LogP contribution in [0.5, 0.6) is 5.75 Å². The van der Waals surface area contributed by atoms with E-state index < -0.39 is 11.4 Å². The van der Waals surface area contributed by atoms with Gasteiger partial charge in [0.1, 0.15) is 11.2 Å². The Morgan fingerprint density at radius 1 is 1.00 bits per heavy atom. The molecule has 26 heavy (non-hydrogen) atoms. The zero-order valence-electron chi connectivity index (χ0n) is 15.1. The second-order valence-corrected chi connectivity index (χ2v) is 6.35. The van der Waals surface area contributed by atoms with Crippen LogP contribution in [0, 0.1) is 0 Å². The van der Waals surface area contributed by atoms with Crippen LogP contribution in [0.2, 0.25) is 0 Å². The van der Waals surface area contributed by atoms with Gasteiger partial charge in [0.2, 0.25) is 0 Å². The molecule has 0 bridgehead atoms. The lowest BCUT2D eigenvalue weighted by Crippen LogP contribution is -2.33. The standard InChI is InChI=1S/C21H27NO4/c1-21(20(24)25,17-7-3-2-4-8-17)18-9-11-19(12-10-18)26-16-6-14-22-13-5-15-23/h2-4,7-12,22-23H,5-6,13-16H2,1H3,(H,24,25). The van der Waals surface area contributed by atoms with Crippen LogP contribution in [0.3, 0.4) is 0 Å². The number of carboxylic acid groups (broad SMARTS) is 1. The van der Waals surface area contributed by atoms with E-state index in [0.29, 0.717) is 12.2 Å². The molecule has 0 saturated heterocycles. The van der Waals surface area contributed by atoms with Gasteiger partial charge in [-0.1, -0.05) is 42.5 Å². The third kappa shape index (κ3) is 5.07. The molecule has 1 atom stereocenters. The van der Waals surface area contributed by atoms with E-state index in [1.54, 1.807) is 6.92 Å². The molecule has 2 rings (SSSR count). The van der Waals surface area contributed by atoms with Gasteiger partial charge in [-0.05, 0) is 56.1 Å². The van der Waals surface area contributed by atoms with E-state index in [2.05, 4.69) is 5.32 Å². The molecule has 0 spiro atoms. The van der Waals surface area contributed by atoms with Crippen molar-refractivity contribution in [1.29, 1.82) is 0 Å². The minimum absolute atomic E-state index is 0.202. The van der Waals surface area contributed by atoms with E-state index >= 15 is 0 Å². The Morgan fingerprint density at radius 3 is 2.23 bits per heavy atom. The lowest BCUT2D eigenvalue weighted by molar-refractivity contribution is -0.141. The fourth-order valence-corrected chi connectivity index (χ4v) is 2.79. The Morgan fingerprint density at radius 2 is 1.62 bits per heavy atom. The van der Waals surface area contributed by atoms with Crippen molar-refractivity contribution in [2.45, 2.75) is 25.2 Å². The van der Waals surface area contributed by atoms with Crippen LogP contribution in [0.1, 0.15) is 30.9 Å². The van der Waals surface area contributed by atoms with Crippen molar-refractivity contribution in [3.05, 3.63) is 65.7 Å². The Labute approximate surface area is 154 Å². The van der Waals surface area contributed by atoms with Crippen molar-refractivity contribution < 1.29 is 19.7 Å². The largest absolute Gasteiger partial charge is 0.494 e. The van der Waals surface area contributed by atoms with Crippen molar-refractivity contribution in [3.63, 3.8) is 0 Å². The summed E-state index contributed by atoms with van der Waals surface area (Å²) in [7, 11) is 0. The quantitative estimate of drug-likeness (QED) is 0.539. The third-order valence-corrected chi connectivity index (χ3v) is 4.49. The monoisotopic (exact) mass is 357 g/mol. The smallest absolute Gasteiger partial charge is 0.318 e. The first kappa shape index (κ1) is 19.9. The fourth-order valence-electron chi connectivity index (χ4n) is 2.79. The fraction of sp³-hybridized carbons (Fsp3) is 0.381. The van der Waals surface area contributed by atoms with Gasteiger partial charge in [-0.15, -0.1) is 0 Å². The number of ether oxygens (including phenoxy) is 1. The number of aliphatic hydroxyl groups is 1. The molecule has 2 aromatic rings. The van der Waals surface area contributed by atoms with Crippen molar-refractivity contribution in [2.24, 2.45) is 0 Å². The lowest BCUT2D eigenvalue weighted by Gasteiger charge is -2.26. The number of aliphatic carboxylic acids is 1. The van der Waals surface area contributed by atoms with E-state index in [-0.39, 0.29) is 6.61 Å². The second kappa shape index (κ2) is 9.94. The van der Waals surface area contributed by atoms with Crippen LogP contribution in [0.15, 0.2) is 54.6 Å². The SMILES string of the molecule is CC(C(=O)O)(c1ccccc1)c1ccc(OCCCNCCCO)cc1. The molecule has 1 unspecified atom stereocenters. The van der Waals surface area contributed by atoms with Crippen LogP contribution < -0.4 is 10.1 Å². The molecule has 5 heteroatoms. The van der Waals surface area contributed by atoms with Crippen LogP contribution >= 0.6 is 0 Å². The second-order valence-electron chi connectivity index (χ2n) is 6.35. The maximum absolute atomic E-state index is 12.0. The van der Waals surface area contributed by atoms with Crippen LogP contribution in [-0.2, 0) is 10.2 Å². The van der Waals surface area contributed by atoms with E-state index in [1.807, 2.05) is 54.6 Å². The molecule has 0 aliphatic heterocycles. The van der Waals surface area contributed by atoms with Crippen LogP contribution in [0.25, 0.3) is 0 Å². The van der Waals surface area contributed by atoms with Gasteiger partial charge in [0.25, 0.3) is 0 Å². The van der Waals surface area contributed by atoms with Gasteiger partial charge >= 0.3 is 5.97 Å². The van der Waals surface area contributed by atoms with Gasteiger partial charge in [0.15, 0.2) is 0 Å². The van der Waals surface area contributed by atoms with E-state index in [0.717, 1.165) is 37.2 Å². The Balaban J connectivity index is 1.96. The molecule has 2 aromatic carbocycles. The summed E-state index contributed by atoms with van der Waals surface area (Å²) < 4.78 is 5.71. The predicted octanol–water partition coefficient (Wildman–Crippen LogP) is 2.82. The first-order valence-corrected chi connectivity index (χ1v) is 8.93. The number of hydrogen-bond donors (Lipinski definition) is 3. The highest BCUT2D eigenvalue weighted by atomic mass is 16.5. The Hall–Kier alpha value is -2.37. The predicted molar refractivity (Wildman–Crippen MR) is 102 cm³/mol. The molecule has 0 aliphatic carbocycles. The summed E-state index contributed by atoms with van der Waals surface area (Å²) in [5.74, 6) is -0.156. The number of carbonyl (C=O) groups is 1. The van der Waals surface area contributed by atoms with Gasteiger partial charge in [-0.2, -0.15) is 0 Å². The highest BCUT2D eigenvalue weighted by Gasteiger charge is 2.37. The van der Waals surface area contributed by atoms with E-state index in [9.17, 15) is 9.90 Å². The van der Waals surface area contributed by atoms with E-state index in [4.69, 9.17) is 9.84 Å². The normalized spacial score (nSPS) is 13.2. The van der Waals surface area contributed by atoms with Gasteiger partial charge in [0.05, 0.1) is 6.61 Å². The highest BCUT2D eigenvalue weighted by molar-refractivity contribution is 5.85. The van der Waals surface area contributed by atoms with E-state index in [1.165, 1.54) is 0 Å². The van der Waals surface area contributed by atoms with Crippen LogP contribution in [-0.4, -0.2) is 42.5 Å². The minimum Gasteiger partial charge on any atom is -0.494 e. The highest BCUT2D eigenvalue weighted by Crippen LogP contribution is 2.33. The Bertz CT molecular complexity index is 672. The van der Waals surface area contributed by atoms with Crippen molar-refractivity contribution in [2.75, 3.05) is 26.3 Å². The summed E-state index contributed by atoms with van der Waals surface area (Å²) in [6, 6.07) is 16.5. The molecule has 3 N–H and O–H groups in total. The number of rotatable bonds is 11. The number of nitrogens with one attached hydrogen (secondary N) is 1. The van der Waals surface area contributed by atoms with Crippen molar-refractivity contribution >= 4 is 5.97 Å². The summed E-state index contributed by atoms with van der Waals surface area (Å²) in [6.07, 6.45) is 1.62. The molecular formula is C21H27NO4. The molecular weight excluding hydrogens is 330 g/mol. The summed E-state index contributed by atoms with van der Waals surface area (Å²) >= 11 is 0. The zero-order chi connectivity index (χ0) is 18.8. The van der Waals surface area contributed by atoms with Crippen LogP contribution in [0.4, 0.5) is 0 Å². The van der Waals surface area contributed by atoms with Gasteiger partial charge in [-0.3, -0.25) is 4.79 Å². The summed E-state index contributed by atoms with van der Waals surface area (Å²) in [5.41, 5.74) is 0.362. The molecule has 0 amide bonds. The molecule has 0 heterocycles. The summed E-state index contributed by atoms with van der Waals surface area (Å²) in [5, 5.41) is 21.7. The molecule has 0 saturated carbocycles. The zero-order valence-corrected chi connectivity index (χ0v) is 15.1.